The van der Waals surface area contributed by atoms with Crippen LogP contribution in [-0.4, -0.2) is 36.5 Å². The van der Waals surface area contributed by atoms with Crippen molar-refractivity contribution in [3.05, 3.63) is 11.9 Å². The summed E-state index contributed by atoms with van der Waals surface area (Å²) in [5, 5.41) is 2.65. The zero-order valence-corrected chi connectivity index (χ0v) is 11.7. The number of amides is 1. The Morgan fingerprint density at radius 1 is 1.58 bits per heavy atom. The van der Waals surface area contributed by atoms with Gasteiger partial charge in [0.05, 0.1) is 5.92 Å². The number of hydrogen-bond acceptors (Lipinski definition) is 5. The Morgan fingerprint density at radius 3 is 2.84 bits per heavy atom. The van der Waals surface area contributed by atoms with Crippen LogP contribution in [0.4, 0.5) is 11.6 Å². The van der Waals surface area contributed by atoms with Crippen LogP contribution in [0.2, 0.25) is 0 Å². The summed E-state index contributed by atoms with van der Waals surface area (Å²) in [6.07, 6.45) is 2.28. The van der Waals surface area contributed by atoms with Crippen LogP contribution in [0, 0.1) is 5.92 Å². The maximum absolute atomic E-state index is 11.5. The third kappa shape index (κ3) is 3.33. The number of anilines is 2. The Bertz CT molecular complexity index is 472. The molecule has 0 bridgehead atoms. The fraction of sp³-hybridized carbons (Fsp3) is 0.615. The molecule has 1 saturated carbocycles. The highest BCUT2D eigenvalue weighted by atomic mass is 16.1. The van der Waals surface area contributed by atoms with Gasteiger partial charge in [0.25, 0.3) is 0 Å². The number of nitrogens with one attached hydrogen (secondary N) is 1. The standard InChI is InChI=1S/C13H21N5O/c1-8(13(19)15-2)7-18(3)11-6-10(14)16-12(17-11)9-4-5-9/h6,8-9H,4-5,7H2,1-3H3,(H,15,19)(H2,14,16,17). The first kappa shape index (κ1) is 13.6. The highest BCUT2D eigenvalue weighted by molar-refractivity contribution is 5.78. The van der Waals surface area contributed by atoms with Gasteiger partial charge >= 0.3 is 0 Å². The molecule has 1 fully saturated rings. The van der Waals surface area contributed by atoms with Gasteiger partial charge in [0.1, 0.15) is 17.5 Å². The van der Waals surface area contributed by atoms with Gasteiger partial charge in [0, 0.05) is 32.6 Å². The van der Waals surface area contributed by atoms with Crippen LogP contribution in [0.25, 0.3) is 0 Å². The maximum Gasteiger partial charge on any atom is 0.224 e. The van der Waals surface area contributed by atoms with Crippen LogP contribution in [0.5, 0.6) is 0 Å². The first-order valence-electron chi connectivity index (χ1n) is 6.58. The van der Waals surface area contributed by atoms with Crippen molar-refractivity contribution < 1.29 is 4.79 Å². The van der Waals surface area contributed by atoms with Gasteiger partial charge in [-0.3, -0.25) is 4.79 Å². The average molecular weight is 263 g/mol. The normalized spacial score (nSPS) is 15.9. The lowest BCUT2D eigenvalue weighted by Crippen LogP contribution is -2.34. The molecule has 6 nitrogen and oxygen atoms in total. The van der Waals surface area contributed by atoms with Crippen LogP contribution >= 0.6 is 0 Å². The van der Waals surface area contributed by atoms with Crippen molar-refractivity contribution in [2.75, 3.05) is 31.3 Å². The van der Waals surface area contributed by atoms with Crippen molar-refractivity contribution >= 4 is 17.5 Å². The van der Waals surface area contributed by atoms with Gasteiger partial charge in [0.2, 0.25) is 5.91 Å². The molecule has 0 radical (unpaired) electrons. The van der Waals surface area contributed by atoms with Gasteiger partial charge < -0.3 is 16.0 Å². The van der Waals surface area contributed by atoms with Crippen LogP contribution in [0.3, 0.4) is 0 Å². The van der Waals surface area contributed by atoms with E-state index < -0.39 is 0 Å². The molecule has 1 unspecified atom stereocenters. The Hall–Kier alpha value is -1.85. The van der Waals surface area contributed by atoms with Crippen molar-refractivity contribution in [2.24, 2.45) is 5.92 Å². The van der Waals surface area contributed by atoms with Gasteiger partial charge in [-0.1, -0.05) is 6.92 Å². The summed E-state index contributed by atoms with van der Waals surface area (Å²) in [4.78, 5) is 22.3. The van der Waals surface area contributed by atoms with E-state index in [1.807, 2.05) is 18.9 Å². The molecule has 1 amide bonds. The van der Waals surface area contributed by atoms with E-state index in [4.69, 9.17) is 5.73 Å². The van der Waals surface area contributed by atoms with Crippen molar-refractivity contribution in [3.63, 3.8) is 0 Å². The predicted octanol–water partition coefficient (Wildman–Crippen LogP) is 0.754. The predicted molar refractivity (Wildman–Crippen MR) is 74.9 cm³/mol. The molecule has 3 N–H and O–H groups in total. The number of nitrogens with zero attached hydrogens (tertiary/aromatic N) is 3. The van der Waals surface area contributed by atoms with Crippen LogP contribution in [0.15, 0.2) is 6.07 Å². The summed E-state index contributed by atoms with van der Waals surface area (Å²) in [5.74, 6) is 2.49. The average Bonchev–Trinajstić information content (AvgIpc) is 3.21. The first-order valence-corrected chi connectivity index (χ1v) is 6.58. The van der Waals surface area contributed by atoms with E-state index in [0.717, 1.165) is 24.5 Å². The fourth-order valence-corrected chi connectivity index (χ4v) is 2.02. The molecule has 104 valence electrons. The summed E-state index contributed by atoms with van der Waals surface area (Å²) in [6.45, 7) is 2.49. The third-order valence-corrected chi connectivity index (χ3v) is 3.33. The highest BCUT2D eigenvalue weighted by Crippen LogP contribution is 2.38. The molecule has 0 spiro atoms. The molecule has 6 heteroatoms. The molecule has 1 aliphatic rings. The summed E-state index contributed by atoms with van der Waals surface area (Å²) < 4.78 is 0. The van der Waals surface area contributed by atoms with Crippen molar-refractivity contribution in [3.8, 4) is 0 Å². The number of rotatable bonds is 5. The molecule has 1 heterocycles. The Morgan fingerprint density at radius 2 is 2.26 bits per heavy atom. The van der Waals surface area contributed by atoms with Crippen LogP contribution in [-0.2, 0) is 4.79 Å². The number of carbonyl (C=O) groups excluding carboxylic acids is 1. The summed E-state index contributed by atoms with van der Waals surface area (Å²) in [6, 6.07) is 1.75. The minimum Gasteiger partial charge on any atom is -0.384 e. The zero-order chi connectivity index (χ0) is 14.0. The topological polar surface area (TPSA) is 84.1 Å². The second-order valence-electron chi connectivity index (χ2n) is 5.18. The molecule has 0 aliphatic heterocycles. The fourth-order valence-electron chi connectivity index (χ4n) is 2.02. The molecule has 1 aromatic heterocycles. The molecule has 0 saturated heterocycles. The summed E-state index contributed by atoms with van der Waals surface area (Å²) in [5.41, 5.74) is 5.82. The second kappa shape index (κ2) is 5.42. The van der Waals surface area contributed by atoms with E-state index in [1.54, 1.807) is 13.1 Å². The third-order valence-electron chi connectivity index (χ3n) is 3.33. The highest BCUT2D eigenvalue weighted by Gasteiger charge is 2.27. The van der Waals surface area contributed by atoms with Gasteiger partial charge in [-0.15, -0.1) is 0 Å². The molecule has 2 rings (SSSR count). The Balaban J connectivity index is 2.09. The number of nitrogens with two attached hydrogens (primary N) is 1. The largest absolute Gasteiger partial charge is 0.384 e. The lowest BCUT2D eigenvalue weighted by molar-refractivity contribution is -0.123. The zero-order valence-electron chi connectivity index (χ0n) is 11.7. The number of aromatic nitrogens is 2. The molecular weight excluding hydrogens is 242 g/mol. The van der Waals surface area contributed by atoms with Crippen molar-refractivity contribution in [1.82, 2.24) is 15.3 Å². The Kier molecular flexibility index (Phi) is 3.87. The number of carbonyl (C=O) groups is 1. The van der Waals surface area contributed by atoms with E-state index in [2.05, 4.69) is 15.3 Å². The molecular formula is C13H21N5O. The van der Waals surface area contributed by atoms with Crippen LogP contribution < -0.4 is 16.0 Å². The number of nitrogen functional groups attached to an aromatic ring is 1. The van der Waals surface area contributed by atoms with E-state index in [0.29, 0.717) is 18.3 Å². The lowest BCUT2D eigenvalue weighted by Gasteiger charge is -2.22. The molecule has 19 heavy (non-hydrogen) atoms. The van der Waals surface area contributed by atoms with E-state index in [-0.39, 0.29) is 11.8 Å². The van der Waals surface area contributed by atoms with Crippen molar-refractivity contribution in [2.45, 2.75) is 25.7 Å². The minimum atomic E-state index is -0.101. The first-order chi connectivity index (χ1) is 9.01. The quantitative estimate of drug-likeness (QED) is 0.819. The van der Waals surface area contributed by atoms with Gasteiger partial charge in [0.15, 0.2) is 0 Å². The maximum atomic E-state index is 11.5. The van der Waals surface area contributed by atoms with Crippen molar-refractivity contribution in [1.29, 1.82) is 0 Å². The van der Waals surface area contributed by atoms with E-state index in [1.165, 1.54) is 0 Å². The summed E-state index contributed by atoms with van der Waals surface area (Å²) >= 11 is 0. The minimum absolute atomic E-state index is 0.0243. The smallest absolute Gasteiger partial charge is 0.224 e. The SMILES string of the molecule is CNC(=O)C(C)CN(C)c1cc(N)nc(C2CC2)n1. The number of hydrogen-bond donors (Lipinski definition) is 2. The van der Waals surface area contributed by atoms with E-state index >= 15 is 0 Å². The molecule has 0 aromatic carbocycles. The Labute approximate surface area is 113 Å². The van der Waals surface area contributed by atoms with Crippen LogP contribution in [0.1, 0.15) is 31.5 Å². The summed E-state index contributed by atoms with van der Waals surface area (Å²) in [7, 11) is 3.56. The van der Waals surface area contributed by atoms with E-state index in [9.17, 15) is 4.79 Å². The molecule has 1 aliphatic carbocycles. The molecule has 1 atom stereocenters. The monoisotopic (exact) mass is 263 g/mol. The van der Waals surface area contributed by atoms with Gasteiger partial charge in [-0.2, -0.15) is 0 Å². The lowest BCUT2D eigenvalue weighted by atomic mass is 10.1. The van der Waals surface area contributed by atoms with Gasteiger partial charge in [-0.25, -0.2) is 9.97 Å². The second-order valence-corrected chi connectivity index (χ2v) is 5.18. The molecule has 1 aromatic rings. The van der Waals surface area contributed by atoms with Gasteiger partial charge in [-0.05, 0) is 12.8 Å².